The Bertz CT molecular complexity index is 1430. The van der Waals surface area contributed by atoms with Crippen LogP contribution in [0.4, 0.5) is 11.4 Å². The Morgan fingerprint density at radius 1 is 0.780 bits per heavy atom. The third-order valence-corrected chi connectivity index (χ3v) is 5.95. The Hall–Kier alpha value is -5.19. The number of esters is 2. The molecule has 11 heteroatoms. The third kappa shape index (κ3) is 9.50. The van der Waals surface area contributed by atoms with Crippen LogP contribution in [0.3, 0.4) is 0 Å². The zero-order chi connectivity index (χ0) is 29.8. The number of anilines is 1. The largest absolute Gasteiger partial charge is 0.457 e. The number of carbonyl (C=O) groups excluding carboxylic acids is 5. The summed E-state index contributed by atoms with van der Waals surface area (Å²) < 4.78 is 10.0. The fourth-order valence-electron chi connectivity index (χ4n) is 3.62. The van der Waals surface area contributed by atoms with Crippen molar-refractivity contribution < 1.29 is 38.4 Å². The van der Waals surface area contributed by atoms with E-state index in [2.05, 4.69) is 5.32 Å². The highest BCUT2D eigenvalue weighted by Gasteiger charge is 2.15. The average Bonchev–Trinajstić information content (AvgIpc) is 2.98. The molecule has 0 saturated heterocycles. The molecule has 0 saturated carbocycles. The van der Waals surface area contributed by atoms with E-state index in [-0.39, 0.29) is 54.4 Å². The van der Waals surface area contributed by atoms with E-state index in [1.807, 2.05) is 19.1 Å². The summed E-state index contributed by atoms with van der Waals surface area (Å²) in [6, 6.07) is 17.9. The number of benzene rings is 3. The standard InChI is InChI=1S/C30H28N2O9/c1-2-20-9-11-21(12-10-20)26(33)18-40-29(36)8-4-7-28(35)31-24-15-13-22(14-16-24)30(37)41-19-27(34)23-5-3-6-25(17-23)32(38)39/h3,5-6,9-17H,2,4,7-8,18-19H2,1H3,(H,31,35). The van der Waals surface area contributed by atoms with Gasteiger partial charge < -0.3 is 14.8 Å². The molecular formula is C30H28N2O9. The second kappa shape index (κ2) is 14.8. The number of ether oxygens (including phenoxy) is 2. The number of nitrogens with zero attached hydrogens (tertiary/aromatic N) is 1. The van der Waals surface area contributed by atoms with Crippen LogP contribution in [0.15, 0.2) is 72.8 Å². The van der Waals surface area contributed by atoms with Crippen LogP contribution in [0, 0.1) is 10.1 Å². The number of hydrogen-bond donors (Lipinski definition) is 1. The van der Waals surface area contributed by atoms with Gasteiger partial charge in [-0.1, -0.05) is 43.3 Å². The number of ketones is 2. The van der Waals surface area contributed by atoms with Crippen molar-refractivity contribution in [3.8, 4) is 0 Å². The molecule has 3 aromatic rings. The van der Waals surface area contributed by atoms with Gasteiger partial charge >= 0.3 is 11.9 Å². The van der Waals surface area contributed by atoms with Gasteiger partial charge in [0, 0.05) is 41.8 Å². The van der Waals surface area contributed by atoms with Crippen molar-refractivity contribution in [3.05, 3.63) is 105 Å². The Labute approximate surface area is 235 Å². The summed E-state index contributed by atoms with van der Waals surface area (Å²) in [6.45, 7) is 1.05. The first kappa shape index (κ1) is 30.4. The molecule has 0 aliphatic heterocycles. The summed E-state index contributed by atoms with van der Waals surface area (Å²) >= 11 is 0. The molecule has 0 aliphatic rings. The number of amides is 1. The summed E-state index contributed by atoms with van der Waals surface area (Å²) in [5.74, 6) is -2.62. The van der Waals surface area contributed by atoms with Crippen molar-refractivity contribution in [1.29, 1.82) is 0 Å². The smallest absolute Gasteiger partial charge is 0.338 e. The van der Waals surface area contributed by atoms with Gasteiger partial charge in [-0.3, -0.25) is 29.3 Å². The highest BCUT2D eigenvalue weighted by atomic mass is 16.6. The zero-order valence-electron chi connectivity index (χ0n) is 22.3. The molecule has 0 heterocycles. The molecule has 0 unspecified atom stereocenters. The number of Topliss-reactive ketones (excluding diaryl/α,β-unsaturated/α-hetero) is 2. The number of aryl methyl sites for hydroxylation is 1. The Balaban J connectivity index is 1.36. The molecular weight excluding hydrogens is 532 g/mol. The minimum atomic E-state index is -0.781. The van der Waals surface area contributed by atoms with Gasteiger partial charge in [-0.15, -0.1) is 0 Å². The highest BCUT2D eigenvalue weighted by molar-refractivity contribution is 6.00. The fourth-order valence-corrected chi connectivity index (χ4v) is 3.62. The third-order valence-electron chi connectivity index (χ3n) is 5.95. The summed E-state index contributed by atoms with van der Waals surface area (Å²) in [7, 11) is 0. The van der Waals surface area contributed by atoms with E-state index in [0.717, 1.165) is 18.1 Å². The summed E-state index contributed by atoms with van der Waals surface area (Å²) in [5, 5.41) is 13.5. The minimum absolute atomic E-state index is 0.0324. The summed E-state index contributed by atoms with van der Waals surface area (Å²) in [6.07, 6.45) is 1.07. The highest BCUT2D eigenvalue weighted by Crippen LogP contribution is 2.15. The van der Waals surface area contributed by atoms with Crippen LogP contribution in [-0.4, -0.2) is 47.5 Å². The van der Waals surface area contributed by atoms with Crippen LogP contribution in [0.1, 0.15) is 62.8 Å². The van der Waals surface area contributed by atoms with E-state index in [1.165, 1.54) is 42.5 Å². The SMILES string of the molecule is CCc1ccc(C(=O)COC(=O)CCCC(=O)Nc2ccc(C(=O)OCC(=O)c3cccc([N+](=O)[O-])c3)cc2)cc1. The first-order chi connectivity index (χ1) is 19.7. The number of nitro groups is 1. The molecule has 11 nitrogen and oxygen atoms in total. The maximum atomic E-state index is 12.3. The molecule has 1 N–H and O–H groups in total. The quantitative estimate of drug-likeness (QED) is 0.127. The first-order valence-corrected chi connectivity index (χ1v) is 12.8. The predicted octanol–water partition coefficient (Wildman–Crippen LogP) is 4.73. The van der Waals surface area contributed by atoms with Crippen molar-refractivity contribution in [2.45, 2.75) is 32.6 Å². The van der Waals surface area contributed by atoms with Gasteiger partial charge in [0.15, 0.2) is 19.0 Å². The Morgan fingerprint density at radius 2 is 1.41 bits per heavy atom. The molecule has 41 heavy (non-hydrogen) atoms. The maximum absolute atomic E-state index is 12.3. The van der Waals surface area contributed by atoms with Gasteiger partial charge in [0.25, 0.3) is 5.69 Å². The van der Waals surface area contributed by atoms with Crippen LogP contribution in [0.25, 0.3) is 0 Å². The lowest BCUT2D eigenvalue weighted by Gasteiger charge is -2.08. The van der Waals surface area contributed by atoms with Gasteiger partial charge in [-0.2, -0.15) is 0 Å². The summed E-state index contributed by atoms with van der Waals surface area (Å²) in [5.41, 5.74) is 1.89. The van der Waals surface area contributed by atoms with E-state index in [1.54, 1.807) is 12.1 Å². The molecule has 212 valence electrons. The lowest BCUT2D eigenvalue weighted by Crippen LogP contribution is -2.16. The zero-order valence-corrected chi connectivity index (χ0v) is 22.3. The fraction of sp³-hybridized carbons (Fsp3) is 0.233. The molecule has 1 amide bonds. The van der Waals surface area contributed by atoms with Crippen LogP contribution in [0.5, 0.6) is 0 Å². The Kier molecular flexibility index (Phi) is 11.0. The van der Waals surface area contributed by atoms with Crippen molar-refractivity contribution >= 4 is 40.8 Å². The van der Waals surface area contributed by atoms with E-state index >= 15 is 0 Å². The molecule has 0 fully saturated rings. The second-order valence-electron chi connectivity index (χ2n) is 8.92. The second-order valence-corrected chi connectivity index (χ2v) is 8.92. The van der Waals surface area contributed by atoms with Crippen molar-refractivity contribution in [1.82, 2.24) is 0 Å². The maximum Gasteiger partial charge on any atom is 0.338 e. The topological polar surface area (TPSA) is 159 Å². The van der Waals surface area contributed by atoms with Crippen molar-refractivity contribution in [3.63, 3.8) is 0 Å². The van der Waals surface area contributed by atoms with Crippen LogP contribution in [0.2, 0.25) is 0 Å². The minimum Gasteiger partial charge on any atom is -0.457 e. The number of hydrogen-bond acceptors (Lipinski definition) is 9. The molecule has 0 bridgehead atoms. The van der Waals surface area contributed by atoms with Crippen molar-refractivity contribution in [2.75, 3.05) is 18.5 Å². The van der Waals surface area contributed by atoms with E-state index in [9.17, 15) is 34.1 Å². The first-order valence-electron chi connectivity index (χ1n) is 12.8. The summed E-state index contributed by atoms with van der Waals surface area (Å²) in [4.78, 5) is 71.0. The number of nitrogens with one attached hydrogen (secondary N) is 1. The van der Waals surface area contributed by atoms with Crippen LogP contribution < -0.4 is 5.32 Å². The molecule has 3 rings (SSSR count). The lowest BCUT2D eigenvalue weighted by atomic mass is 10.1. The normalized spacial score (nSPS) is 10.4. The number of non-ortho nitro benzene ring substituents is 1. The van der Waals surface area contributed by atoms with Crippen LogP contribution in [-0.2, 0) is 25.5 Å². The van der Waals surface area contributed by atoms with Crippen molar-refractivity contribution in [2.24, 2.45) is 0 Å². The van der Waals surface area contributed by atoms with Gasteiger partial charge in [-0.25, -0.2) is 4.79 Å². The monoisotopic (exact) mass is 560 g/mol. The molecule has 0 spiro atoms. The number of carbonyl (C=O) groups is 5. The number of rotatable bonds is 14. The van der Waals surface area contributed by atoms with Crippen LogP contribution >= 0.6 is 0 Å². The van der Waals surface area contributed by atoms with Gasteiger partial charge in [-0.05, 0) is 42.7 Å². The van der Waals surface area contributed by atoms with Gasteiger partial charge in [0.1, 0.15) is 0 Å². The van der Waals surface area contributed by atoms with Gasteiger partial charge in [0.2, 0.25) is 11.7 Å². The van der Waals surface area contributed by atoms with Gasteiger partial charge in [0.05, 0.1) is 10.5 Å². The van der Waals surface area contributed by atoms with E-state index in [0.29, 0.717) is 11.3 Å². The average molecular weight is 561 g/mol. The lowest BCUT2D eigenvalue weighted by molar-refractivity contribution is -0.384. The molecule has 3 aromatic carbocycles. The van der Waals surface area contributed by atoms with E-state index in [4.69, 9.17) is 9.47 Å². The number of nitro benzene ring substituents is 1. The van der Waals surface area contributed by atoms with E-state index < -0.39 is 29.3 Å². The molecule has 0 atom stereocenters. The molecule has 0 radical (unpaired) electrons. The molecule has 0 aliphatic carbocycles. The predicted molar refractivity (Wildman–Crippen MR) is 148 cm³/mol. The molecule has 0 aromatic heterocycles. The Morgan fingerprint density at radius 3 is 2.07 bits per heavy atom.